The fourth-order valence-electron chi connectivity index (χ4n) is 3.03. The van der Waals surface area contributed by atoms with Gasteiger partial charge in [0, 0.05) is 13.1 Å². The molecule has 0 saturated heterocycles. The second-order valence-corrected chi connectivity index (χ2v) is 9.13. The van der Waals surface area contributed by atoms with Gasteiger partial charge in [0.15, 0.2) is 0 Å². The highest BCUT2D eigenvalue weighted by atomic mass is 32.2. The van der Waals surface area contributed by atoms with E-state index in [1.807, 2.05) is 61.5 Å². The van der Waals surface area contributed by atoms with Crippen molar-refractivity contribution in [2.45, 2.75) is 24.9 Å². The highest BCUT2D eigenvalue weighted by Crippen LogP contribution is 2.21. The lowest BCUT2D eigenvalue weighted by Gasteiger charge is -2.22. The molecule has 1 N–H and O–H groups in total. The number of hydrogen-bond donors (Lipinski definition) is 1. The zero-order chi connectivity index (χ0) is 22.3. The zero-order valence-corrected chi connectivity index (χ0v) is 18.4. The minimum Gasteiger partial charge on any atom is -0.497 e. The smallest absolute Gasteiger partial charge is 0.243 e. The Hall–Kier alpha value is -3.16. The van der Waals surface area contributed by atoms with E-state index in [0.717, 1.165) is 16.7 Å². The average Bonchev–Trinajstić information content (AvgIpc) is 2.79. The second-order valence-electron chi connectivity index (χ2n) is 7.20. The lowest BCUT2D eigenvalue weighted by atomic mass is 10.1. The van der Waals surface area contributed by atoms with Gasteiger partial charge in [0.1, 0.15) is 5.75 Å². The van der Waals surface area contributed by atoms with Crippen LogP contribution in [0.15, 0.2) is 83.8 Å². The van der Waals surface area contributed by atoms with E-state index < -0.39 is 10.0 Å². The fraction of sp³-hybridized carbons (Fsp3) is 0.208. The number of ether oxygens (including phenoxy) is 1. The van der Waals surface area contributed by atoms with Crippen LogP contribution in [0.4, 0.5) is 0 Å². The maximum atomic E-state index is 13.3. The van der Waals surface area contributed by atoms with Gasteiger partial charge in [0.05, 0.1) is 18.6 Å². The monoisotopic (exact) mass is 438 g/mol. The molecule has 0 aliphatic rings. The third-order valence-corrected chi connectivity index (χ3v) is 6.64. The van der Waals surface area contributed by atoms with E-state index in [-0.39, 0.29) is 23.9 Å². The van der Waals surface area contributed by atoms with Crippen molar-refractivity contribution in [2.24, 2.45) is 0 Å². The molecule has 0 unspecified atom stereocenters. The first-order valence-electron chi connectivity index (χ1n) is 9.89. The number of nitrogens with zero attached hydrogens (tertiary/aromatic N) is 1. The topological polar surface area (TPSA) is 75.7 Å². The van der Waals surface area contributed by atoms with Gasteiger partial charge < -0.3 is 10.1 Å². The van der Waals surface area contributed by atoms with Crippen LogP contribution in [-0.2, 0) is 27.9 Å². The molecular formula is C24H26N2O4S. The molecule has 7 heteroatoms. The summed E-state index contributed by atoms with van der Waals surface area (Å²) < 4.78 is 32.9. The first kappa shape index (κ1) is 22.5. The predicted octanol–water partition coefficient (Wildman–Crippen LogP) is 3.51. The Bertz CT molecular complexity index is 1100. The molecule has 0 bridgehead atoms. The Kier molecular flexibility index (Phi) is 7.44. The van der Waals surface area contributed by atoms with E-state index in [1.165, 1.54) is 23.5 Å². The standard InChI is InChI=1S/C24H26N2O4S/c1-19-8-10-20(11-9-19)16-25-24(27)18-26(17-21-6-4-3-5-7-21)31(28,29)23-14-12-22(30-2)13-15-23/h3-15H,16-18H2,1-2H3,(H,25,27). The number of sulfonamides is 1. The largest absolute Gasteiger partial charge is 0.497 e. The number of rotatable bonds is 9. The number of aryl methyl sites for hydroxylation is 1. The quantitative estimate of drug-likeness (QED) is 0.555. The molecule has 0 heterocycles. The van der Waals surface area contributed by atoms with Gasteiger partial charge in [-0.05, 0) is 42.3 Å². The third kappa shape index (κ3) is 6.16. The lowest BCUT2D eigenvalue weighted by Crippen LogP contribution is -2.40. The maximum absolute atomic E-state index is 13.3. The van der Waals surface area contributed by atoms with Crippen LogP contribution in [0.25, 0.3) is 0 Å². The molecule has 162 valence electrons. The predicted molar refractivity (Wildman–Crippen MR) is 120 cm³/mol. The van der Waals surface area contributed by atoms with Gasteiger partial charge >= 0.3 is 0 Å². The van der Waals surface area contributed by atoms with Crippen molar-refractivity contribution in [3.05, 3.63) is 95.6 Å². The third-order valence-electron chi connectivity index (χ3n) is 4.83. The van der Waals surface area contributed by atoms with Crippen LogP contribution in [0.5, 0.6) is 5.75 Å². The Morgan fingerprint density at radius 3 is 2.16 bits per heavy atom. The molecule has 0 aliphatic carbocycles. The zero-order valence-electron chi connectivity index (χ0n) is 17.6. The van der Waals surface area contributed by atoms with Crippen molar-refractivity contribution >= 4 is 15.9 Å². The Morgan fingerprint density at radius 1 is 0.903 bits per heavy atom. The number of methoxy groups -OCH3 is 1. The van der Waals surface area contributed by atoms with Crippen LogP contribution >= 0.6 is 0 Å². The molecule has 0 spiro atoms. The van der Waals surface area contributed by atoms with Gasteiger partial charge in [-0.3, -0.25) is 4.79 Å². The molecule has 6 nitrogen and oxygen atoms in total. The van der Waals surface area contributed by atoms with Gasteiger partial charge in [-0.2, -0.15) is 4.31 Å². The normalized spacial score (nSPS) is 11.3. The molecule has 0 fully saturated rings. The van der Waals surface area contributed by atoms with Crippen LogP contribution in [-0.4, -0.2) is 32.3 Å². The Balaban J connectivity index is 1.78. The number of hydrogen-bond acceptors (Lipinski definition) is 4. The Morgan fingerprint density at radius 2 is 1.55 bits per heavy atom. The molecule has 0 aromatic heterocycles. The summed E-state index contributed by atoms with van der Waals surface area (Å²) in [5.74, 6) is 0.193. The molecule has 0 aliphatic heterocycles. The van der Waals surface area contributed by atoms with E-state index in [1.54, 1.807) is 12.1 Å². The number of benzene rings is 3. The molecule has 0 atom stereocenters. The fourth-order valence-corrected chi connectivity index (χ4v) is 4.42. The van der Waals surface area contributed by atoms with Crippen molar-refractivity contribution in [1.29, 1.82) is 0 Å². The minimum absolute atomic E-state index is 0.0904. The minimum atomic E-state index is -3.89. The summed E-state index contributed by atoms with van der Waals surface area (Å²) >= 11 is 0. The maximum Gasteiger partial charge on any atom is 0.243 e. The van der Waals surface area contributed by atoms with Crippen LogP contribution in [0.3, 0.4) is 0 Å². The molecule has 0 saturated carbocycles. The summed E-state index contributed by atoms with van der Waals surface area (Å²) in [6.07, 6.45) is 0. The van der Waals surface area contributed by atoms with Crippen LogP contribution in [0.2, 0.25) is 0 Å². The molecule has 3 aromatic rings. The average molecular weight is 439 g/mol. The van der Waals surface area contributed by atoms with Crippen LogP contribution in [0, 0.1) is 6.92 Å². The van der Waals surface area contributed by atoms with E-state index >= 15 is 0 Å². The van der Waals surface area contributed by atoms with Crippen molar-refractivity contribution in [2.75, 3.05) is 13.7 Å². The van der Waals surface area contributed by atoms with Gasteiger partial charge in [-0.15, -0.1) is 0 Å². The van der Waals surface area contributed by atoms with Gasteiger partial charge in [-0.1, -0.05) is 60.2 Å². The Labute approximate surface area is 183 Å². The van der Waals surface area contributed by atoms with Crippen LogP contribution in [0.1, 0.15) is 16.7 Å². The van der Waals surface area contributed by atoms with Crippen molar-refractivity contribution in [1.82, 2.24) is 9.62 Å². The molecule has 0 radical (unpaired) electrons. The SMILES string of the molecule is COc1ccc(S(=O)(=O)N(CC(=O)NCc2ccc(C)cc2)Cc2ccccc2)cc1. The first-order valence-corrected chi connectivity index (χ1v) is 11.3. The lowest BCUT2D eigenvalue weighted by molar-refractivity contribution is -0.121. The molecule has 1 amide bonds. The first-order chi connectivity index (χ1) is 14.9. The molecule has 3 rings (SSSR count). The van der Waals surface area contributed by atoms with Crippen molar-refractivity contribution in [3.8, 4) is 5.75 Å². The molecule has 31 heavy (non-hydrogen) atoms. The number of carbonyl (C=O) groups excluding carboxylic acids is 1. The summed E-state index contributed by atoms with van der Waals surface area (Å²) in [4.78, 5) is 12.7. The van der Waals surface area contributed by atoms with E-state index in [2.05, 4.69) is 5.32 Å². The summed E-state index contributed by atoms with van der Waals surface area (Å²) in [5, 5.41) is 2.81. The van der Waals surface area contributed by atoms with E-state index in [9.17, 15) is 13.2 Å². The summed E-state index contributed by atoms with van der Waals surface area (Å²) in [5.41, 5.74) is 2.88. The van der Waals surface area contributed by atoms with Crippen LogP contribution < -0.4 is 10.1 Å². The van der Waals surface area contributed by atoms with Crippen molar-refractivity contribution < 1.29 is 17.9 Å². The van der Waals surface area contributed by atoms with E-state index in [0.29, 0.717) is 12.3 Å². The number of nitrogens with one attached hydrogen (secondary N) is 1. The summed E-state index contributed by atoms with van der Waals surface area (Å²) in [7, 11) is -2.37. The highest BCUT2D eigenvalue weighted by Gasteiger charge is 2.27. The van der Waals surface area contributed by atoms with Gasteiger partial charge in [0.25, 0.3) is 0 Å². The second kappa shape index (κ2) is 10.2. The van der Waals surface area contributed by atoms with Crippen molar-refractivity contribution in [3.63, 3.8) is 0 Å². The molecular weight excluding hydrogens is 412 g/mol. The van der Waals surface area contributed by atoms with Gasteiger partial charge in [0.2, 0.25) is 15.9 Å². The number of carbonyl (C=O) groups is 1. The summed E-state index contributed by atoms with van der Waals surface area (Å²) in [6, 6.07) is 23.2. The highest BCUT2D eigenvalue weighted by molar-refractivity contribution is 7.89. The van der Waals surface area contributed by atoms with Gasteiger partial charge in [-0.25, -0.2) is 8.42 Å². The number of amides is 1. The summed E-state index contributed by atoms with van der Waals surface area (Å²) in [6.45, 7) is 2.14. The molecule has 3 aromatic carbocycles. The van der Waals surface area contributed by atoms with E-state index in [4.69, 9.17) is 4.74 Å².